The Morgan fingerprint density at radius 2 is 1.54 bits per heavy atom. The summed E-state index contributed by atoms with van der Waals surface area (Å²) >= 11 is 0. The number of hydrogen-bond donors (Lipinski definition) is 1. The van der Waals surface area contributed by atoms with Gasteiger partial charge in [-0.3, -0.25) is 0 Å². The van der Waals surface area contributed by atoms with Crippen molar-refractivity contribution in [2.24, 2.45) is 11.7 Å². The van der Waals surface area contributed by atoms with Gasteiger partial charge >= 0.3 is 0 Å². The second-order valence-corrected chi connectivity index (χ2v) is 7.49. The molecular formula is C25H27NO2. The van der Waals surface area contributed by atoms with Crippen LogP contribution in [0, 0.1) is 5.92 Å². The maximum Gasteiger partial charge on any atom is 0.120 e. The minimum atomic E-state index is 0.576. The molecule has 3 aromatic rings. The van der Waals surface area contributed by atoms with E-state index in [0.717, 1.165) is 36.4 Å². The lowest BCUT2D eigenvalue weighted by molar-refractivity contribution is 0.305. The Morgan fingerprint density at radius 3 is 2.21 bits per heavy atom. The zero-order valence-electron chi connectivity index (χ0n) is 16.4. The third-order valence-electron chi connectivity index (χ3n) is 5.62. The molecule has 0 fully saturated rings. The molecule has 1 aliphatic carbocycles. The highest BCUT2D eigenvalue weighted by Crippen LogP contribution is 2.29. The van der Waals surface area contributed by atoms with Crippen molar-refractivity contribution in [3.8, 4) is 22.6 Å². The Labute approximate surface area is 167 Å². The molecule has 0 amide bonds. The van der Waals surface area contributed by atoms with Crippen LogP contribution in [0.3, 0.4) is 0 Å². The number of benzene rings is 3. The van der Waals surface area contributed by atoms with E-state index in [4.69, 9.17) is 15.2 Å². The summed E-state index contributed by atoms with van der Waals surface area (Å²) in [6, 6.07) is 23.2. The number of ether oxygens (including phenoxy) is 2. The van der Waals surface area contributed by atoms with Crippen LogP contribution in [-0.2, 0) is 19.4 Å². The Kier molecular flexibility index (Phi) is 5.63. The van der Waals surface area contributed by atoms with Gasteiger partial charge in [-0.05, 0) is 83.8 Å². The van der Waals surface area contributed by atoms with Crippen molar-refractivity contribution in [1.29, 1.82) is 0 Å². The second-order valence-electron chi connectivity index (χ2n) is 7.49. The smallest absolute Gasteiger partial charge is 0.120 e. The van der Waals surface area contributed by atoms with E-state index < -0.39 is 0 Å². The number of fused-ring (bicyclic) bond motifs is 1. The van der Waals surface area contributed by atoms with Crippen molar-refractivity contribution in [2.75, 3.05) is 13.7 Å². The molecule has 3 aromatic carbocycles. The van der Waals surface area contributed by atoms with Crippen molar-refractivity contribution < 1.29 is 9.47 Å². The molecule has 1 atom stereocenters. The topological polar surface area (TPSA) is 44.5 Å². The fourth-order valence-corrected chi connectivity index (χ4v) is 3.84. The highest BCUT2D eigenvalue weighted by molar-refractivity contribution is 5.64. The van der Waals surface area contributed by atoms with Gasteiger partial charge in [0, 0.05) is 0 Å². The molecule has 4 rings (SSSR count). The van der Waals surface area contributed by atoms with E-state index in [0.29, 0.717) is 12.5 Å². The van der Waals surface area contributed by atoms with Gasteiger partial charge in [0.15, 0.2) is 0 Å². The van der Waals surface area contributed by atoms with Gasteiger partial charge in [0.05, 0.1) is 7.11 Å². The molecule has 0 saturated carbocycles. The Balaban J connectivity index is 1.38. The summed E-state index contributed by atoms with van der Waals surface area (Å²) in [5.41, 5.74) is 12.2. The van der Waals surface area contributed by atoms with Gasteiger partial charge in [0.2, 0.25) is 0 Å². The molecule has 0 heterocycles. The lowest BCUT2D eigenvalue weighted by atomic mass is 9.84. The molecule has 0 saturated heterocycles. The molecule has 2 N–H and O–H groups in total. The highest BCUT2D eigenvalue weighted by Gasteiger charge is 2.17. The van der Waals surface area contributed by atoms with E-state index >= 15 is 0 Å². The number of hydrogen-bond acceptors (Lipinski definition) is 3. The van der Waals surface area contributed by atoms with E-state index in [1.807, 2.05) is 12.1 Å². The fourth-order valence-electron chi connectivity index (χ4n) is 3.84. The largest absolute Gasteiger partial charge is 0.497 e. The van der Waals surface area contributed by atoms with E-state index in [1.165, 1.54) is 28.7 Å². The predicted octanol–water partition coefficient (Wildman–Crippen LogP) is 5.00. The summed E-state index contributed by atoms with van der Waals surface area (Å²) in [6.07, 6.45) is 3.38. The molecule has 3 nitrogen and oxygen atoms in total. The fraction of sp³-hybridized carbons (Fsp3) is 0.280. The lowest BCUT2D eigenvalue weighted by Crippen LogP contribution is -2.22. The van der Waals surface area contributed by atoms with Gasteiger partial charge in [0.25, 0.3) is 0 Å². The lowest BCUT2D eigenvalue weighted by Gasteiger charge is -2.23. The van der Waals surface area contributed by atoms with Crippen molar-refractivity contribution >= 4 is 0 Å². The summed E-state index contributed by atoms with van der Waals surface area (Å²) in [5.74, 6) is 2.45. The Hall–Kier alpha value is -2.78. The first-order valence-corrected chi connectivity index (χ1v) is 9.93. The first-order valence-electron chi connectivity index (χ1n) is 9.93. The van der Waals surface area contributed by atoms with Crippen molar-refractivity contribution in [3.63, 3.8) is 0 Å². The standard InChI is InChI=1S/C25H27NO2/c1-27-24-11-8-21(9-12-24)20-5-2-18(3-6-20)17-28-25-13-10-22-14-19(16-26)4-7-23(22)15-25/h2-3,5-6,8-13,15,19H,4,7,14,16-17,26H2,1H3. The third kappa shape index (κ3) is 4.20. The summed E-state index contributed by atoms with van der Waals surface area (Å²) in [6.45, 7) is 1.36. The van der Waals surface area contributed by atoms with E-state index in [9.17, 15) is 0 Å². The first kappa shape index (κ1) is 18.6. The second kappa shape index (κ2) is 8.49. The normalized spacial score (nSPS) is 15.7. The quantitative estimate of drug-likeness (QED) is 0.661. The van der Waals surface area contributed by atoms with Crippen LogP contribution in [0.1, 0.15) is 23.1 Å². The van der Waals surface area contributed by atoms with Gasteiger partial charge in [-0.15, -0.1) is 0 Å². The van der Waals surface area contributed by atoms with Crippen LogP contribution >= 0.6 is 0 Å². The van der Waals surface area contributed by atoms with Crippen LogP contribution in [0.2, 0.25) is 0 Å². The zero-order chi connectivity index (χ0) is 19.3. The number of methoxy groups -OCH3 is 1. The molecule has 1 unspecified atom stereocenters. The van der Waals surface area contributed by atoms with Gasteiger partial charge in [-0.1, -0.05) is 42.5 Å². The molecule has 0 radical (unpaired) electrons. The molecule has 0 bridgehead atoms. The SMILES string of the molecule is COc1ccc(-c2ccc(COc3ccc4c(c3)CCC(CN)C4)cc2)cc1. The monoisotopic (exact) mass is 373 g/mol. The van der Waals surface area contributed by atoms with Crippen molar-refractivity contribution in [2.45, 2.75) is 25.9 Å². The number of rotatable bonds is 6. The summed E-state index contributed by atoms with van der Waals surface area (Å²) in [7, 11) is 1.68. The predicted molar refractivity (Wildman–Crippen MR) is 114 cm³/mol. The van der Waals surface area contributed by atoms with Crippen molar-refractivity contribution in [1.82, 2.24) is 0 Å². The maximum atomic E-state index is 6.05. The molecule has 0 spiro atoms. The summed E-state index contributed by atoms with van der Waals surface area (Å²) < 4.78 is 11.3. The molecular weight excluding hydrogens is 346 g/mol. The van der Waals surface area contributed by atoms with Crippen molar-refractivity contribution in [3.05, 3.63) is 83.4 Å². The molecule has 3 heteroatoms. The Bertz CT molecular complexity index is 916. The van der Waals surface area contributed by atoms with Crippen LogP contribution in [0.15, 0.2) is 66.7 Å². The molecule has 0 aliphatic heterocycles. The van der Waals surface area contributed by atoms with Crippen LogP contribution < -0.4 is 15.2 Å². The average molecular weight is 373 g/mol. The van der Waals surface area contributed by atoms with Gasteiger partial charge in [-0.2, -0.15) is 0 Å². The number of aryl methyl sites for hydroxylation is 1. The zero-order valence-corrected chi connectivity index (χ0v) is 16.4. The van der Waals surface area contributed by atoms with E-state index in [2.05, 4.69) is 54.6 Å². The first-order chi connectivity index (χ1) is 13.7. The highest BCUT2D eigenvalue weighted by atomic mass is 16.5. The molecule has 28 heavy (non-hydrogen) atoms. The average Bonchev–Trinajstić information content (AvgIpc) is 2.77. The van der Waals surface area contributed by atoms with Gasteiger partial charge in [-0.25, -0.2) is 0 Å². The number of nitrogens with two attached hydrogens (primary N) is 1. The van der Waals surface area contributed by atoms with E-state index in [-0.39, 0.29) is 0 Å². The molecule has 1 aliphatic rings. The van der Waals surface area contributed by atoms with Crippen LogP contribution in [0.25, 0.3) is 11.1 Å². The van der Waals surface area contributed by atoms with E-state index in [1.54, 1.807) is 7.11 Å². The molecule has 144 valence electrons. The maximum absolute atomic E-state index is 6.05. The summed E-state index contributed by atoms with van der Waals surface area (Å²) in [4.78, 5) is 0. The van der Waals surface area contributed by atoms with Gasteiger partial charge in [0.1, 0.15) is 18.1 Å². The van der Waals surface area contributed by atoms with Crippen LogP contribution in [0.5, 0.6) is 11.5 Å². The Morgan fingerprint density at radius 1 is 0.857 bits per heavy atom. The minimum Gasteiger partial charge on any atom is -0.497 e. The summed E-state index contributed by atoms with van der Waals surface area (Å²) in [5, 5.41) is 0. The molecule has 0 aromatic heterocycles. The van der Waals surface area contributed by atoms with Crippen LogP contribution in [0.4, 0.5) is 0 Å². The van der Waals surface area contributed by atoms with Gasteiger partial charge < -0.3 is 15.2 Å². The third-order valence-corrected chi connectivity index (χ3v) is 5.62. The van der Waals surface area contributed by atoms with Crippen LogP contribution in [-0.4, -0.2) is 13.7 Å². The minimum absolute atomic E-state index is 0.576.